The minimum Gasteiger partial charge on any atom is -0.369 e. The third-order valence-corrected chi connectivity index (χ3v) is 9.06. The lowest BCUT2D eigenvalue weighted by molar-refractivity contribution is -0.134. The molecule has 7 heteroatoms. The number of carbonyl (C=O) groups excluding carboxylic acids is 2. The zero-order valence-electron chi connectivity index (χ0n) is 22.4. The van der Waals surface area contributed by atoms with Gasteiger partial charge in [0.15, 0.2) is 0 Å². The first-order valence-corrected chi connectivity index (χ1v) is 14.1. The average molecular weight is 494 g/mol. The molecule has 2 amide bonds. The van der Waals surface area contributed by atoms with Crippen molar-refractivity contribution in [2.24, 2.45) is 13.0 Å². The summed E-state index contributed by atoms with van der Waals surface area (Å²) in [5.41, 5.74) is 3.29. The topological polar surface area (TPSA) is 70.5 Å². The Bertz CT molecular complexity index is 1090. The van der Waals surface area contributed by atoms with Gasteiger partial charge in [-0.05, 0) is 50.8 Å². The summed E-state index contributed by atoms with van der Waals surface area (Å²) < 4.78 is 1.88. The summed E-state index contributed by atoms with van der Waals surface area (Å²) in [4.78, 5) is 29.2. The summed E-state index contributed by atoms with van der Waals surface area (Å²) in [5.74, 6) is 0.197. The lowest BCUT2D eigenvalue weighted by Crippen LogP contribution is -2.54. The van der Waals surface area contributed by atoms with Gasteiger partial charge in [-0.2, -0.15) is 5.10 Å². The molecule has 3 heterocycles. The summed E-state index contributed by atoms with van der Waals surface area (Å²) in [7, 11) is 1.94. The average Bonchev–Trinajstić information content (AvgIpc) is 3.20. The molecule has 1 N–H and O–H groups in total. The minimum atomic E-state index is -0.360. The highest BCUT2D eigenvalue weighted by Gasteiger charge is 2.33. The number of anilines is 1. The molecule has 0 spiro atoms. The van der Waals surface area contributed by atoms with Crippen LogP contribution in [0.4, 0.5) is 5.69 Å². The molecule has 0 radical (unpaired) electrons. The van der Waals surface area contributed by atoms with Crippen LogP contribution in [0.25, 0.3) is 10.9 Å². The van der Waals surface area contributed by atoms with E-state index in [4.69, 9.17) is 5.10 Å². The summed E-state index contributed by atoms with van der Waals surface area (Å²) in [5, 5.41) is 8.18. The zero-order valence-corrected chi connectivity index (χ0v) is 22.4. The van der Waals surface area contributed by atoms with E-state index in [1.165, 1.54) is 57.1 Å². The number of benzene rings is 1. The van der Waals surface area contributed by atoms with E-state index < -0.39 is 0 Å². The van der Waals surface area contributed by atoms with Crippen LogP contribution in [-0.2, 0) is 16.6 Å². The second kappa shape index (κ2) is 10.5. The number of carbonyl (C=O) groups is 2. The van der Waals surface area contributed by atoms with Gasteiger partial charge in [0, 0.05) is 56.3 Å². The number of amides is 2. The molecule has 2 aromatic rings. The van der Waals surface area contributed by atoms with Crippen LogP contribution in [0.2, 0.25) is 0 Å². The number of hydrogen-bond donors (Lipinski definition) is 1. The van der Waals surface area contributed by atoms with Crippen LogP contribution in [0.1, 0.15) is 89.7 Å². The van der Waals surface area contributed by atoms with Gasteiger partial charge in [-0.15, -0.1) is 0 Å². The molecule has 3 aliphatic rings. The van der Waals surface area contributed by atoms with Crippen molar-refractivity contribution in [1.82, 2.24) is 20.0 Å². The molecule has 1 aromatic carbocycles. The van der Waals surface area contributed by atoms with Gasteiger partial charge in [0.25, 0.3) is 0 Å². The Hall–Kier alpha value is -2.41. The molecular weight excluding hydrogens is 450 g/mol. The fourth-order valence-electron chi connectivity index (χ4n) is 6.71. The number of rotatable bonds is 7. The number of imide groups is 1. The molecule has 7 nitrogen and oxygen atoms in total. The normalized spacial score (nSPS) is 22.9. The van der Waals surface area contributed by atoms with Crippen molar-refractivity contribution in [2.75, 3.05) is 31.1 Å². The van der Waals surface area contributed by atoms with Crippen molar-refractivity contribution >= 4 is 28.4 Å². The quantitative estimate of drug-likeness (QED) is 0.564. The molecule has 1 atom stereocenters. The van der Waals surface area contributed by atoms with E-state index in [-0.39, 0.29) is 23.3 Å². The number of fused-ring (bicyclic) bond motifs is 1. The Balaban J connectivity index is 1.20. The van der Waals surface area contributed by atoms with Crippen molar-refractivity contribution in [1.29, 1.82) is 0 Å². The maximum Gasteiger partial charge on any atom is 0.235 e. The third kappa shape index (κ3) is 5.31. The van der Waals surface area contributed by atoms with Gasteiger partial charge in [-0.25, -0.2) is 0 Å². The Morgan fingerprint density at radius 1 is 1.03 bits per heavy atom. The van der Waals surface area contributed by atoms with E-state index >= 15 is 0 Å². The fourth-order valence-corrected chi connectivity index (χ4v) is 6.71. The lowest BCUT2D eigenvalue weighted by atomic mass is 9.84. The van der Waals surface area contributed by atoms with E-state index in [1.807, 2.05) is 11.7 Å². The maximum absolute atomic E-state index is 12.4. The Kier molecular flexibility index (Phi) is 7.38. The standard InChI is InChI=1S/C29H43N5O2/c1-29(2,15-7-10-21-8-5-4-6-9-21)34-18-16-33(17-19-34)22-11-12-23-25(20-22)32(3)31-27(23)24-13-14-26(35)30-28(24)36/h11-12,20-21,24H,4-10,13-19H2,1-3H3,(H,30,35,36). The predicted octanol–water partition coefficient (Wildman–Crippen LogP) is 4.74. The summed E-state index contributed by atoms with van der Waals surface area (Å²) in [6, 6.07) is 6.49. The number of nitrogens with one attached hydrogen (secondary N) is 1. The van der Waals surface area contributed by atoms with Gasteiger partial charge >= 0.3 is 0 Å². The molecule has 5 rings (SSSR count). The van der Waals surface area contributed by atoms with Gasteiger partial charge in [0.2, 0.25) is 11.8 Å². The van der Waals surface area contributed by atoms with Crippen LogP contribution in [0.5, 0.6) is 0 Å². The molecule has 196 valence electrons. The van der Waals surface area contributed by atoms with Crippen molar-refractivity contribution in [2.45, 2.75) is 89.5 Å². The van der Waals surface area contributed by atoms with Gasteiger partial charge in [-0.1, -0.05) is 44.9 Å². The molecule has 2 saturated heterocycles. The highest BCUT2D eigenvalue weighted by Crippen LogP contribution is 2.34. The minimum absolute atomic E-state index is 0.190. The number of hydrogen-bond acceptors (Lipinski definition) is 5. The van der Waals surface area contributed by atoms with Crippen LogP contribution in [0.15, 0.2) is 18.2 Å². The SMILES string of the molecule is Cn1nc(C2CCC(=O)NC2=O)c2ccc(N3CCN(C(C)(C)CCCC4CCCCC4)CC3)cc21. The van der Waals surface area contributed by atoms with E-state index in [0.29, 0.717) is 12.8 Å². The molecule has 1 aromatic heterocycles. The summed E-state index contributed by atoms with van der Waals surface area (Å²) in [6.45, 7) is 9.08. The van der Waals surface area contributed by atoms with Gasteiger partial charge in [-0.3, -0.25) is 24.5 Å². The van der Waals surface area contributed by atoms with E-state index in [9.17, 15) is 9.59 Å². The van der Waals surface area contributed by atoms with Crippen molar-refractivity contribution in [3.63, 3.8) is 0 Å². The first-order valence-electron chi connectivity index (χ1n) is 14.1. The number of piperazine rings is 1. The predicted molar refractivity (Wildman–Crippen MR) is 144 cm³/mol. The number of piperidine rings is 1. The summed E-state index contributed by atoms with van der Waals surface area (Å²) in [6.07, 6.45) is 12.2. The number of aryl methyl sites for hydroxylation is 1. The van der Waals surface area contributed by atoms with Crippen molar-refractivity contribution < 1.29 is 9.59 Å². The summed E-state index contributed by atoms with van der Waals surface area (Å²) >= 11 is 0. The molecule has 0 bridgehead atoms. The molecule has 1 unspecified atom stereocenters. The number of nitrogens with zero attached hydrogens (tertiary/aromatic N) is 4. The molecule has 1 aliphatic carbocycles. The molecule has 2 aliphatic heterocycles. The van der Waals surface area contributed by atoms with Crippen LogP contribution in [0.3, 0.4) is 0 Å². The molecule has 36 heavy (non-hydrogen) atoms. The highest BCUT2D eigenvalue weighted by molar-refractivity contribution is 6.02. The lowest BCUT2D eigenvalue weighted by Gasteiger charge is -2.45. The smallest absolute Gasteiger partial charge is 0.235 e. The van der Waals surface area contributed by atoms with Crippen molar-refractivity contribution in [3.05, 3.63) is 23.9 Å². The first kappa shape index (κ1) is 25.2. The fraction of sp³-hybridized carbons (Fsp3) is 0.690. The first-order chi connectivity index (χ1) is 17.3. The van der Waals surface area contributed by atoms with Crippen LogP contribution in [0, 0.1) is 5.92 Å². The monoisotopic (exact) mass is 493 g/mol. The van der Waals surface area contributed by atoms with E-state index in [1.54, 1.807) is 0 Å². The third-order valence-electron chi connectivity index (χ3n) is 9.06. The van der Waals surface area contributed by atoms with Gasteiger partial charge in [0.1, 0.15) is 0 Å². The largest absolute Gasteiger partial charge is 0.369 e. The molecule has 3 fully saturated rings. The van der Waals surface area contributed by atoms with Crippen LogP contribution in [-0.4, -0.2) is 58.2 Å². The Morgan fingerprint density at radius 2 is 1.78 bits per heavy atom. The Labute approximate surface area is 215 Å². The highest BCUT2D eigenvalue weighted by atomic mass is 16.2. The van der Waals surface area contributed by atoms with E-state index in [0.717, 1.165) is 48.7 Å². The van der Waals surface area contributed by atoms with E-state index in [2.05, 4.69) is 47.2 Å². The number of aromatic nitrogens is 2. The Morgan fingerprint density at radius 3 is 2.50 bits per heavy atom. The molecular formula is C29H43N5O2. The van der Waals surface area contributed by atoms with Crippen LogP contribution >= 0.6 is 0 Å². The maximum atomic E-state index is 12.4. The van der Waals surface area contributed by atoms with Gasteiger partial charge in [0.05, 0.1) is 17.1 Å². The zero-order chi connectivity index (χ0) is 25.3. The van der Waals surface area contributed by atoms with Crippen molar-refractivity contribution in [3.8, 4) is 0 Å². The second-order valence-corrected chi connectivity index (χ2v) is 11.9. The molecule has 1 saturated carbocycles. The second-order valence-electron chi connectivity index (χ2n) is 11.9. The van der Waals surface area contributed by atoms with Gasteiger partial charge < -0.3 is 4.90 Å². The van der Waals surface area contributed by atoms with Crippen LogP contribution < -0.4 is 10.2 Å².